The first-order chi connectivity index (χ1) is 7.84. The number of halogens is 4. The molecular weight excluding hydrogens is 327 g/mol. The van der Waals surface area contributed by atoms with Gasteiger partial charge in [-0.25, -0.2) is 4.98 Å². The molecule has 0 aliphatic heterocycles. The number of nitrogens with zero attached hydrogens (tertiary/aromatic N) is 3. The van der Waals surface area contributed by atoms with Gasteiger partial charge in [-0.15, -0.1) is 0 Å². The second-order valence-corrected chi connectivity index (χ2v) is 3.93. The van der Waals surface area contributed by atoms with Gasteiger partial charge >= 0.3 is 18.0 Å². The molecule has 0 atom stereocenters. The van der Waals surface area contributed by atoms with E-state index in [-0.39, 0.29) is 8.89 Å². The van der Waals surface area contributed by atoms with Gasteiger partial charge in [0.25, 0.3) is 0 Å². The average molecular weight is 330 g/mol. The number of hydrogen-bond acceptors (Lipinski definition) is 4. The second kappa shape index (κ2) is 5.32. The molecular formula is C7H3BrClF2N3O3. The van der Waals surface area contributed by atoms with Gasteiger partial charge in [-0.3, -0.25) is 14.9 Å². The van der Waals surface area contributed by atoms with Crippen molar-refractivity contribution >= 4 is 45.1 Å². The Bertz CT molecular complexity index is 474. The number of carbonyl (C=O) groups excluding carboxylic acids is 1. The number of anilines is 1. The number of pyridine rings is 1. The number of nitro groups is 1. The smallest absolute Gasteiger partial charge is 0.266 e. The van der Waals surface area contributed by atoms with Crippen LogP contribution in [0.2, 0.25) is 0 Å². The SMILES string of the molecule is O=C(C(F)F)N(Cl)c1ncc(Br)cc1[N+](=O)[O-]. The van der Waals surface area contributed by atoms with Crippen molar-refractivity contribution in [2.45, 2.75) is 6.43 Å². The van der Waals surface area contributed by atoms with Gasteiger partial charge in [-0.05, 0) is 15.9 Å². The molecule has 10 heteroatoms. The Balaban J connectivity index is 3.22. The van der Waals surface area contributed by atoms with Crippen molar-refractivity contribution in [1.82, 2.24) is 4.98 Å². The fourth-order valence-corrected chi connectivity index (χ4v) is 1.42. The highest BCUT2D eigenvalue weighted by Crippen LogP contribution is 2.30. The topological polar surface area (TPSA) is 76.3 Å². The van der Waals surface area contributed by atoms with Crippen LogP contribution >= 0.6 is 27.7 Å². The first kappa shape index (κ1) is 13.7. The van der Waals surface area contributed by atoms with E-state index in [1.54, 1.807) is 0 Å². The average Bonchev–Trinajstić information content (AvgIpc) is 2.26. The van der Waals surface area contributed by atoms with Crippen molar-refractivity contribution in [1.29, 1.82) is 0 Å². The lowest BCUT2D eigenvalue weighted by Gasteiger charge is -2.11. The zero-order chi connectivity index (χ0) is 13.2. The summed E-state index contributed by atoms with van der Waals surface area (Å²) in [7, 11) is 0. The summed E-state index contributed by atoms with van der Waals surface area (Å²) in [4.78, 5) is 24.1. The van der Waals surface area contributed by atoms with Crippen LogP contribution in [0.5, 0.6) is 0 Å². The molecule has 0 N–H and O–H groups in total. The number of aromatic nitrogens is 1. The fraction of sp³-hybridized carbons (Fsp3) is 0.143. The van der Waals surface area contributed by atoms with E-state index in [0.29, 0.717) is 0 Å². The van der Waals surface area contributed by atoms with Crippen LogP contribution in [-0.2, 0) is 4.79 Å². The highest BCUT2D eigenvalue weighted by atomic mass is 79.9. The molecule has 1 heterocycles. The van der Waals surface area contributed by atoms with Gasteiger partial charge in [0.2, 0.25) is 5.82 Å². The summed E-state index contributed by atoms with van der Waals surface area (Å²) in [6, 6.07) is 0.996. The molecule has 1 aromatic heterocycles. The molecule has 0 unspecified atom stereocenters. The minimum Gasteiger partial charge on any atom is -0.266 e. The van der Waals surface area contributed by atoms with E-state index in [1.165, 1.54) is 0 Å². The molecule has 6 nitrogen and oxygen atoms in total. The number of hydrogen-bond donors (Lipinski definition) is 0. The first-order valence-corrected chi connectivity index (χ1v) is 5.05. The molecule has 92 valence electrons. The minimum atomic E-state index is -3.38. The van der Waals surface area contributed by atoms with Crippen molar-refractivity contribution in [3.05, 3.63) is 26.9 Å². The van der Waals surface area contributed by atoms with E-state index in [4.69, 9.17) is 11.8 Å². The maximum absolute atomic E-state index is 12.1. The Hall–Kier alpha value is -1.35. The van der Waals surface area contributed by atoms with Gasteiger partial charge in [0.15, 0.2) is 0 Å². The van der Waals surface area contributed by atoms with Crippen molar-refractivity contribution in [3.63, 3.8) is 0 Å². The molecule has 1 amide bonds. The Morgan fingerprint density at radius 3 is 2.71 bits per heavy atom. The highest BCUT2D eigenvalue weighted by molar-refractivity contribution is 9.10. The third kappa shape index (κ3) is 3.07. The molecule has 17 heavy (non-hydrogen) atoms. The van der Waals surface area contributed by atoms with Crippen LogP contribution in [0.4, 0.5) is 20.3 Å². The summed E-state index contributed by atoms with van der Waals surface area (Å²) in [6.07, 6.45) is -2.28. The van der Waals surface area contributed by atoms with Crippen LogP contribution in [0, 0.1) is 10.1 Å². The van der Waals surface area contributed by atoms with Crippen LogP contribution < -0.4 is 4.42 Å². The van der Waals surface area contributed by atoms with Crippen LogP contribution in [0.1, 0.15) is 0 Å². The van der Waals surface area contributed by atoms with Gasteiger partial charge in [-0.2, -0.15) is 13.2 Å². The van der Waals surface area contributed by atoms with Crippen LogP contribution in [0.25, 0.3) is 0 Å². The Morgan fingerprint density at radius 1 is 1.65 bits per heavy atom. The van der Waals surface area contributed by atoms with Crippen LogP contribution in [0.3, 0.4) is 0 Å². The summed E-state index contributed by atoms with van der Waals surface area (Å²) >= 11 is 8.19. The van der Waals surface area contributed by atoms with Crippen LogP contribution in [0.15, 0.2) is 16.7 Å². The molecule has 0 aromatic carbocycles. The summed E-state index contributed by atoms with van der Waals surface area (Å²) in [5.74, 6) is -2.45. The van der Waals surface area contributed by atoms with Crippen molar-refractivity contribution in [2.24, 2.45) is 0 Å². The molecule has 1 aromatic rings. The highest BCUT2D eigenvalue weighted by Gasteiger charge is 2.30. The van der Waals surface area contributed by atoms with Crippen LogP contribution in [-0.4, -0.2) is 22.2 Å². The molecule has 0 aliphatic rings. The number of rotatable bonds is 3. The molecule has 0 bridgehead atoms. The third-order valence-electron chi connectivity index (χ3n) is 1.58. The lowest BCUT2D eigenvalue weighted by Crippen LogP contribution is -2.28. The van der Waals surface area contributed by atoms with Crippen molar-refractivity contribution in [2.75, 3.05) is 4.42 Å². The maximum atomic E-state index is 12.1. The summed E-state index contributed by atoms with van der Waals surface area (Å²) < 4.78 is 24.4. The second-order valence-electron chi connectivity index (χ2n) is 2.67. The standard InChI is InChI=1S/C7H3BrClF2N3O3/c8-3-1-4(14(16)17)6(12-2-3)13(9)7(15)5(10)11/h1-2,5H. The maximum Gasteiger partial charge on any atom is 0.317 e. The predicted molar refractivity (Wildman–Crippen MR) is 57.9 cm³/mol. The Labute approximate surface area is 107 Å². The largest absolute Gasteiger partial charge is 0.317 e. The number of carbonyl (C=O) groups is 1. The third-order valence-corrected chi connectivity index (χ3v) is 2.34. The zero-order valence-corrected chi connectivity index (χ0v) is 10.2. The molecule has 0 saturated heterocycles. The van der Waals surface area contributed by atoms with E-state index in [1.807, 2.05) is 0 Å². The van der Waals surface area contributed by atoms with Gasteiger partial charge in [0.05, 0.1) is 4.92 Å². The van der Waals surface area contributed by atoms with Gasteiger partial charge < -0.3 is 0 Å². The fourth-order valence-electron chi connectivity index (χ4n) is 0.897. The molecule has 0 aliphatic carbocycles. The normalized spacial score (nSPS) is 10.4. The summed E-state index contributed by atoms with van der Waals surface area (Å²) in [5.41, 5.74) is -0.664. The molecule has 0 fully saturated rings. The predicted octanol–water partition coefficient (Wildman–Crippen LogP) is 2.50. The molecule has 0 radical (unpaired) electrons. The summed E-state index contributed by atoms with van der Waals surface area (Å²) in [6.45, 7) is 0. The van der Waals surface area contributed by atoms with E-state index in [2.05, 4.69) is 20.9 Å². The van der Waals surface area contributed by atoms with E-state index >= 15 is 0 Å². The first-order valence-electron chi connectivity index (χ1n) is 3.92. The van der Waals surface area contributed by atoms with Gasteiger partial charge in [0.1, 0.15) is 0 Å². The quantitative estimate of drug-likeness (QED) is 0.485. The zero-order valence-electron chi connectivity index (χ0n) is 7.81. The number of amides is 1. The van der Waals surface area contributed by atoms with Gasteiger partial charge in [0, 0.05) is 28.5 Å². The summed E-state index contributed by atoms with van der Waals surface area (Å²) in [5, 5.41) is 10.6. The van der Waals surface area contributed by atoms with E-state index in [0.717, 1.165) is 12.3 Å². The van der Waals surface area contributed by atoms with Gasteiger partial charge in [-0.1, -0.05) is 0 Å². The molecule has 0 spiro atoms. The minimum absolute atomic E-state index is 0.0742. The van der Waals surface area contributed by atoms with E-state index < -0.39 is 28.8 Å². The molecule has 0 saturated carbocycles. The monoisotopic (exact) mass is 329 g/mol. The number of alkyl halides is 2. The lowest BCUT2D eigenvalue weighted by molar-refractivity contribution is -0.384. The van der Waals surface area contributed by atoms with Crippen molar-refractivity contribution < 1.29 is 18.5 Å². The Kier molecular flexibility index (Phi) is 4.29. The Morgan fingerprint density at radius 2 is 2.24 bits per heavy atom. The van der Waals surface area contributed by atoms with E-state index in [9.17, 15) is 23.7 Å². The van der Waals surface area contributed by atoms with Crippen molar-refractivity contribution in [3.8, 4) is 0 Å². The molecule has 1 rings (SSSR count). The lowest BCUT2D eigenvalue weighted by atomic mass is 10.4.